The van der Waals surface area contributed by atoms with Crippen molar-refractivity contribution in [2.24, 2.45) is 0 Å². The van der Waals surface area contributed by atoms with E-state index in [9.17, 15) is 9.59 Å². The predicted molar refractivity (Wildman–Crippen MR) is 93.2 cm³/mol. The molecule has 3 rings (SSSR count). The summed E-state index contributed by atoms with van der Waals surface area (Å²) >= 11 is 0. The zero-order valence-electron chi connectivity index (χ0n) is 13.3. The minimum atomic E-state index is -0.391. The lowest BCUT2D eigenvalue weighted by Gasteiger charge is -2.11. The Labute approximate surface area is 138 Å². The molecule has 0 fully saturated rings. The number of amides is 3. The van der Waals surface area contributed by atoms with E-state index in [1.54, 1.807) is 26.2 Å². The molecule has 7 nitrogen and oxygen atoms in total. The number of carbonyl (C=O) groups excluding carboxylic acids is 2. The lowest BCUT2D eigenvalue weighted by molar-refractivity contribution is 0.0822. The fraction of sp³-hybridized carbons (Fsp3) is 0.118. The van der Waals surface area contributed by atoms with Gasteiger partial charge in [-0.1, -0.05) is 6.07 Å². The second-order valence-corrected chi connectivity index (χ2v) is 5.45. The average Bonchev–Trinajstić information content (AvgIpc) is 3.04. The number of aromatic amines is 1. The maximum Gasteiger partial charge on any atom is 0.323 e. The van der Waals surface area contributed by atoms with Crippen molar-refractivity contribution in [3.05, 3.63) is 54.5 Å². The number of nitrogens with zero attached hydrogens (tertiary/aromatic N) is 2. The molecule has 3 amide bonds. The Balaban J connectivity index is 1.74. The number of urea groups is 1. The third kappa shape index (κ3) is 3.19. The van der Waals surface area contributed by atoms with Crippen LogP contribution in [0.15, 0.2) is 48.8 Å². The highest BCUT2D eigenvalue weighted by Crippen LogP contribution is 2.22. The molecule has 0 aliphatic rings. The summed E-state index contributed by atoms with van der Waals surface area (Å²) in [5.74, 6) is -0.226. The van der Waals surface area contributed by atoms with Crippen molar-refractivity contribution in [2.45, 2.75) is 0 Å². The van der Waals surface area contributed by atoms with Crippen molar-refractivity contribution < 1.29 is 9.59 Å². The zero-order chi connectivity index (χ0) is 17.1. The molecule has 24 heavy (non-hydrogen) atoms. The van der Waals surface area contributed by atoms with Crippen molar-refractivity contribution >= 4 is 34.2 Å². The molecule has 122 valence electrons. The Bertz CT molecular complexity index is 901. The maximum absolute atomic E-state index is 12.2. The predicted octanol–water partition coefficient (Wildman–Crippen LogP) is 2.91. The van der Waals surface area contributed by atoms with Gasteiger partial charge in [0.2, 0.25) is 0 Å². The van der Waals surface area contributed by atoms with Gasteiger partial charge in [0.25, 0.3) is 5.91 Å². The lowest BCUT2D eigenvalue weighted by atomic mass is 10.2. The van der Waals surface area contributed by atoms with E-state index in [0.717, 1.165) is 10.9 Å². The molecule has 0 saturated carbocycles. The molecule has 0 saturated heterocycles. The molecule has 2 heterocycles. The van der Waals surface area contributed by atoms with E-state index in [-0.39, 0.29) is 11.6 Å². The Morgan fingerprint density at radius 2 is 1.96 bits per heavy atom. The topological polar surface area (TPSA) is 90.1 Å². The molecule has 7 heteroatoms. The molecular weight excluding hydrogens is 306 g/mol. The van der Waals surface area contributed by atoms with Crippen LogP contribution in [-0.2, 0) is 0 Å². The third-order valence-electron chi connectivity index (χ3n) is 3.49. The van der Waals surface area contributed by atoms with E-state index < -0.39 is 6.03 Å². The first-order chi connectivity index (χ1) is 11.5. The van der Waals surface area contributed by atoms with Crippen LogP contribution < -0.4 is 10.6 Å². The number of anilines is 2. The van der Waals surface area contributed by atoms with Gasteiger partial charge in [0, 0.05) is 43.1 Å². The molecular formula is C17H17N5O2. The standard InChI is InChI=1S/C17H17N5O2/c1-22(2)16(23)15-10-11(6-8-19-15)20-17(24)21-14-5-3-4-13-12(14)7-9-18-13/h3-10,18H,1-2H3,(H2,19,20,21,24). The van der Waals surface area contributed by atoms with Gasteiger partial charge < -0.3 is 20.5 Å². The van der Waals surface area contributed by atoms with Crippen molar-refractivity contribution in [2.75, 3.05) is 24.7 Å². The largest absolute Gasteiger partial charge is 0.361 e. The third-order valence-corrected chi connectivity index (χ3v) is 3.49. The van der Waals surface area contributed by atoms with Gasteiger partial charge in [-0.25, -0.2) is 4.79 Å². The summed E-state index contributed by atoms with van der Waals surface area (Å²) in [7, 11) is 3.29. The molecule has 0 bridgehead atoms. The number of benzene rings is 1. The summed E-state index contributed by atoms with van der Waals surface area (Å²) < 4.78 is 0. The van der Waals surface area contributed by atoms with E-state index in [1.165, 1.54) is 11.1 Å². The van der Waals surface area contributed by atoms with Gasteiger partial charge in [-0.15, -0.1) is 0 Å². The minimum Gasteiger partial charge on any atom is -0.361 e. The second-order valence-electron chi connectivity index (χ2n) is 5.45. The summed E-state index contributed by atoms with van der Waals surface area (Å²) in [5.41, 5.74) is 2.40. The summed E-state index contributed by atoms with van der Waals surface area (Å²) in [6, 6.07) is 10.3. The number of rotatable bonds is 3. The fourth-order valence-corrected chi connectivity index (χ4v) is 2.33. The second kappa shape index (κ2) is 6.41. The first-order valence-electron chi connectivity index (χ1n) is 7.36. The molecule has 0 unspecified atom stereocenters. The van der Waals surface area contributed by atoms with Crippen molar-refractivity contribution in [1.29, 1.82) is 0 Å². The van der Waals surface area contributed by atoms with Crippen LogP contribution in [0.5, 0.6) is 0 Å². The summed E-state index contributed by atoms with van der Waals surface area (Å²) in [6.45, 7) is 0. The van der Waals surface area contributed by atoms with E-state index in [1.807, 2.05) is 30.5 Å². The van der Waals surface area contributed by atoms with E-state index in [4.69, 9.17) is 0 Å². The number of hydrogen-bond donors (Lipinski definition) is 3. The Kier molecular flexibility index (Phi) is 4.15. The number of H-pyrrole nitrogens is 1. The van der Waals surface area contributed by atoms with Gasteiger partial charge in [-0.2, -0.15) is 0 Å². The molecule has 3 N–H and O–H groups in total. The van der Waals surface area contributed by atoms with Crippen LogP contribution in [0.1, 0.15) is 10.5 Å². The fourth-order valence-electron chi connectivity index (χ4n) is 2.33. The Hall–Kier alpha value is -3.35. The van der Waals surface area contributed by atoms with E-state index in [0.29, 0.717) is 11.4 Å². The zero-order valence-corrected chi connectivity index (χ0v) is 13.3. The monoisotopic (exact) mass is 323 g/mol. The SMILES string of the molecule is CN(C)C(=O)c1cc(NC(=O)Nc2cccc3[nH]ccc23)ccn1. The van der Waals surface area contributed by atoms with Crippen LogP contribution in [-0.4, -0.2) is 40.9 Å². The van der Waals surface area contributed by atoms with E-state index in [2.05, 4.69) is 20.6 Å². The first-order valence-corrected chi connectivity index (χ1v) is 7.36. The average molecular weight is 323 g/mol. The molecule has 3 aromatic rings. The minimum absolute atomic E-state index is 0.226. The molecule has 2 aromatic heterocycles. The number of aromatic nitrogens is 2. The molecule has 0 atom stereocenters. The molecule has 0 aliphatic carbocycles. The Morgan fingerprint density at radius 1 is 1.12 bits per heavy atom. The van der Waals surface area contributed by atoms with E-state index >= 15 is 0 Å². The highest BCUT2D eigenvalue weighted by Gasteiger charge is 2.11. The van der Waals surface area contributed by atoms with Crippen LogP contribution in [0, 0.1) is 0 Å². The highest BCUT2D eigenvalue weighted by atomic mass is 16.2. The number of fused-ring (bicyclic) bond motifs is 1. The van der Waals surface area contributed by atoms with Gasteiger partial charge in [-0.05, 0) is 30.3 Å². The Morgan fingerprint density at radius 3 is 2.75 bits per heavy atom. The van der Waals surface area contributed by atoms with Crippen LogP contribution >= 0.6 is 0 Å². The summed E-state index contributed by atoms with van der Waals surface area (Å²) in [4.78, 5) is 32.7. The molecule has 0 radical (unpaired) electrons. The van der Waals surface area contributed by atoms with Gasteiger partial charge in [0.15, 0.2) is 0 Å². The van der Waals surface area contributed by atoms with Gasteiger partial charge in [0.05, 0.1) is 5.69 Å². The first kappa shape index (κ1) is 15.5. The quantitative estimate of drug-likeness (QED) is 0.692. The lowest BCUT2D eigenvalue weighted by Crippen LogP contribution is -2.23. The number of carbonyl (C=O) groups is 2. The highest BCUT2D eigenvalue weighted by molar-refractivity contribution is 6.06. The van der Waals surface area contributed by atoms with Crippen molar-refractivity contribution in [1.82, 2.24) is 14.9 Å². The van der Waals surface area contributed by atoms with Crippen molar-refractivity contribution in [3.63, 3.8) is 0 Å². The van der Waals surface area contributed by atoms with Crippen LogP contribution in [0.25, 0.3) is 10.9 Å². The van der Waals surface area contributed by atoms with Crippen LogP contribution in [0.2, 0.25) is 0 Å². The van der Waals surface area contributed by atoms with Gasteiger partial charge >= 0.3 is 6.03 Å². The van der Waals surface area contributed by atoms with Crippen LogP contribution in [0.4, 0.5) is 16.2 Å². The summed E-state index contributed by atoms with van der Waals surface area (Å²) in [6.07, 6.45) is 3.30. The molecule has 1 aromatic carbocycles. The molecule has 0 spiro atoms. The summed E-state index contributed by atoms with van der Waals surface area (Å²) in [5, 5.41) is 6.44. The smallest absolute Gasteiger partial charge is 0.323 e. The number of pyridine rings is 1. The van der Waals surface area contributed by atoms with Crippen LogP contribution in [0.3, 0.4) is 0 Å². The maximum atomic E-state index is 12.2. The van der Waals surface area contributed by atoms with Gasteiger partial charge in [-0.3, -0.25) is 9.78 Å². The molecule has 0 aliphatic heterocycles. The van der Waals surface area contributed by atoms with Gasteiger partial charge in [0.1, 0.15) is 5.69 Å². The number of nitrogens with one attached hydrogen (secondary N) is 3. The number of hydrogen-bond acceptors (Lipinski definition) is 3. The normalized spacial score (nSPS) is 10.4. The van der Waals surface area contributed by atoms with Crippen molar-refractivity contribution in [3.8, 4) is 0 Å².